The van der Waals surface area contributed by atoms with Crippen LogP contribution in [-0.2, 0) is 6.18 Å². The Hall–Kier alpha value is -3.28. The van der Waals surface area contributed by atoms with E-state index in [1.807, 2.05) is 0 Å². The van der Waals surface area contributed by atoms with E-state index in [4.69, 9.17) is 10.5 Å². The average molecular weight is 795 g/mol. The molecule has 2 aromatic carbocycles. The summed E-state index contributed by atoms with van der Waals surface area (Å²) < 4.78 is 123. The zero-order valence-electron chi connectivity index (χ0n) is 23.8. The number of fused-ring (bicyclic) bond motifs is 4. The van der Waals surface area contributed by atoms with Gasteiger partial charge in [0.05, 0.1) is 27.8 Å². The number of hydrogen-bond acceptors (Lipinski definition) is 9. The Morgan fingerprint density at radius 2 is 1.79 bits per heavy atom. The van der Waals surface area contributed by atoms with Crippen LogP contribution in [0.5, 0.6) is 6.01 Å². The number of rotatable bonds is 5. The number of nitrogen functional groups attached to an aromatic ring is 1. The summed E-state index contributed by atoms with van der Waals surface area (Å²) in [4.78, 5) is 10.1. The second kappa shape index (κ2) is 11.4. The minimum Gasteiger partial charge on any atom is -0.462 e. The van der Waals surface area contributed by atoms with E-state index < -0.39 is 70.8 Å². The summed E-state index contributed by atoms with van der Waals surface area (Å²) in [7, 11) is 0. The predicted molar refractivity (Wildman–Crippen MR) is 166 cm³/mol. The maximum absolute atomic E-state index is 16.8. The fourth-order valence-electron chi connectivity index (χ4n) is 6.64. The number of aromatic nitrogens is 2. The van der Waals surface area contributed by atoms with Gasteiger partial charge in [-0.2, -0.15) is 41.6 Å². The van der Waals surface area contributed by atoms with Gasteiger partial charge in [-0.1, -0.05) is 6.07 Å². The first kappa shape index (κ1) is 32.3. The van der Waals surface area contributed by atoms with Crippen molar-refractivity contribution in [2.75, 3.05) is 36.9 Å². The number of thiophene rings is 1. The topological polar surface area (TPSA) is 103 Å². The van der Waals surface area contributed by atoms with Gasteiger partial charge in [0.25, 0.3) is 0 Å². The lowest BCUT2D eigenvalue weighted by molar-refractivity contribution is -0.215. The van der Waals surface area contributed by atoms with Gasteiger partial charge in [0.2, 0.25) is 0 Å². The molecule has 47 heavy (non-hydrogen) atoms. The normalized spacial score (nSPS) is 23.4. The highest BCUT2D eigenvalue weighted by Gasteiger charge is 2.54. The summed E-state index contributed by atoms with van der Waals surface area (Å²) in [6.45, 7) is -0.122. The standard InChI is InChI=1S/C29H22F8IN7OS/c30-18-4-3-13(20-15(6-39)25(40)47-24(18)20)21-16(28(32,33)34)5-14-23(22(21)31)42-27(46-10-19-17(9-45(19)38)29(35,36)37)43-26(14)44-7-11-1-2-12(8-44)41-11/h3-5,11-12,17,19,41H,1-2,7-10,40H2/t11?,12?,17-,19-/m1/s1. The molecule has 0 saturated carbocycles. The van der Waals surface area contributed by atoms with E-state index in [-0.39, 0.29) is 50.5 Å². The molecular weight excluding hydrogens is 773 g/mol. The monoisotopic (exact) mass is 795 g/mol. The fourth-order valence-corrected chi connectivity index (χ4v) is 8.57. The summed E-state index contributed by atoms with van der Waals surface area (Å²) in [6, 6.07) is 2.67. The largest absolute Gasteiger partial charge is 0.462 e. The smallest absolute Gasteiger partial charge is 0.417 e. The lowest BCUT2D eigenvalue weighted by atomic mass is 9.92. The highest BCUT2D eigenvalue weighted by atomic mass is 127. The van der Waals surface area contributed by atoms with E-state index in [1.165, 1.54) is 3.11 Å². The van der Waals surface area contributed by atoms with Crippen LogP contribution in [-0.4, -0.2) is 63.6 Å². The molecule has 3 fully saturated rings. The molecule has 4 aromatic rings. The van der Waals surface area contributed by atoms with E-state index in [9.17, 15) is 36.0 Å². The Labute approximate surface area is 279 Å². The van der Waals surface area contributed by atoms with Gasteiger partial charge in [0, 0.05) is 70.9 Å². The SMILES string of the molecule is N#Cc1c(N)sc2c(F)ccc(-c3c(C(F)(F)F)cc4c(N5CC6CCC(C5)N6)nc(OC[C@@H]5[C@H](C(F)(F)F)CN5I)nc4c3F)c12. The summed E-state index contributed by atoms with van der Waals surface area (Å²) in [5.41, 5.74) is 2.18. The van der Waals surface area contributed by atoms with E-state index in [2.05, 4.69) is 15.3 Å². The number of nitriles is 1. The van der Waals surface area contributed by atoms with Crippen LogP contribution in [0.3, 0.4) is 0 Å². The molecule has 0 amide bonds. The molecule has 2 unspecified atom stereocenters. The van der Waals surface area contributed by atoms with Crippen LogP contribution in [0, 0.1) is 28.9 Å². The molecule has 5 heterocycles. The molecule has 4 atom stereocenters. The van der Waals surface area contributed by atoms with Gasteiger partial charge in [-0.05, 0) is 30.5 Å². The fraction of sp³-hybridized carbons (Fsp3) is 0.414. The molecule has 3 saturated heterocycles. The Balaban J connectivity index is 1.44. The van der Waals surface area contributed by atoms with Crippen LogP contribution in [0.15, 0.2) is 18.2 Å². The van der Waals surface area contributed by atoms with Crippen molar-refractivity contribution in [3.8, 4) is 23.2 Å². The molecule has 0 radical (unpaired) electrons. The van der Waals surface area contributed by atoms with Crippen molar-refractivity contribution in [1.29, 1.82) is 5.26 Å². The Bertz CT molecular complexity index is 1950. The number of benzene rings is 2. The molecular formula is C29H22F8IN7OS. The van der Waals surface area contributed by atoms with Crippen molar-refractivity contribution in [2.24, 2.45) is 5.92 Å². The van der Waals surface area contributed by atoms with Crippen molar-refractivity contribution in [1.82, 2.24) is 18.4 Å². The third-order valence-electron chi connectivity index (χ3n) is 8.91. The molecule has 3 N–H and O–H groups in total. The van der Waals surface area contributed by atoms with Gasteiger partial charge in [0.15, 0.2) is 5.82 Å². The lowest BCUT2D eigenvalue weighted by Gasteiger charge is -2.44. The van der Waals surface area contributed by atoms with Gasteiger partial charge >= 0.3 is 18.4 Å². The van der Waals surface area contributed by atoms with Crippen LogP contribution in [0.1, 0.15) is 24.0 Å². The maximum Gasteiger partial charge on any atom is 0.417 e. The van der Waals surface area contributed by atoms with Crippen molar-refractivity contribution in [3.63, 3.8) is 0 Å². The van der Waals surface area contributed by atoms with Crippen LogP contribution in [0.2, 0.25) is 0 Å². The van der Waals surface area contributed by atoms with Crippen molar-refractivity contribution in [2.45, 2.75) is 43.3 Å². The molecule has 0 spiro atoms. The molecule has 3 aliphatic rings. The molecule has 2 aromatic heterocycles. The molecule has 18 heteroatoms. The van der Waals surface area contributed by atoms with Gasteiger partial charge in [0.1, 0.15) is 34.8 Å². The van der Waals surface area contributed by atoms with E-state index >= 15 is 4.39 Å². The van der Waals surface area contributed by atoms with Crippen molar-refractivity contribution >= 4 is 66.0 Å². The second-order valence-corrected chi connectivity index (χ2v) is 14.0. The first-order chi connectivity index (χ1) is 22.2. The number of halogens is 9. The predicted octanol–water partition coefficient (Wildman–Crippen LogP) is 6.79. The number of nitrogens with one attached hydrogen (secondary N) is 1. The van der Waals surface area contributed by atoms with Gasteiger partial charge in [-0.15, -0.1) is 11.3 Å². The summed E-state index contributed by atoms with van der Waals surface area (Å²) in [5, 5.41) is 12.4. The molecule has 7 rings (SSSR count). The number of nitrogens with two attached hydrogens (primary N) is 1. The van der Waals surface area contributed by atoms with E-state index in [1.54, 1.807) is 33.8 Å². The Morgan fingerprint density at radius 3 is 2.40 bits per heavy atom. The highest BCUT2D eigenvalue weighted by molar-refractivity contribution is 14.1. The quantitative estimate of drug-likeness (QED) is 0.129. The summed E-state index contributed by atoms with van der Waals surface area (Å²) >= 11 is 2.38. The molecule has 0 aliphatic carbocycles. The summed E-state index contributed by atoms with van der Waals surface area (Å²) in [5.74, 6) is -4.05. The average Bonchev–Trinajstić information content (AvgIpc) is 3.52. The Morgan fingerprint density at radius 1 is 1.09 bits per heavy atom. The first-order valence-electron chi connectivity index (χ1n) is 14.3. The van der Waals surface area contributed by atoms with Crippen molar-refractivity contribution in [3.05, 3.63) is 41.0 Å². The third kappa shape index (κ3) is 5.48. The third-order valence-corrected chi connectivity index (χ3v) is 11.0. The van der Waals surface area contributed by atoms with Gasteiger partial charge in [-0.3, -0.25) is 0 Å². The number of hydrogen-bond donors (Lipinski definition) is 2. The van der Waals surface area contributed by atoms with Crippen LogP contribution < -0.4 is 20.7 Å². The van der Waals surface area contributed by atoms with Crippen LogP contribution >= 0.6 is 34.2 Å². The Kier molecular flexibility index (Phi) is 7.84. The van der Waals surface area contributed by atoms with E-state index in [0.29, 0.717) is 30.5 Å². The van der Waals surface area contributed by atoms with Crippen LogP contribution in [0.25, 0.3) is 32.1 Å². The zero-order chi connectivity index (χ0) is 33.6. The van der Waals surface area contributed by atoms with Crippen LogP contribution in [0.4, 0.5) is 45.9 Å². The van der Waals surface area contributed by atoms with Crippen molar-refractivity contribution < 1.29 is 39.9 Å². The maximum atomic E-state index is 16.8. The molecule has 248 valence electrons. The molecule has 3 aliphatic heterocycles. The molecule has 8 nitrogen and oxygen atoms in total. The number of piperazine rings is 1. The number of anilines is 2. The minimum atomic E-state index is -5.13. The first-order valence-corrected chi connectivity index (χ1v) is 16.1. The van der Waals surface area contributed by atoms with Gasteiger partial charge in [-0.25, -0.2) is 11.9 Å². The van der Waals surface area contributed by atoms with Gasteiger partial charge < -0.3 is 20.7 Å². The zero-order valence-corrected chi connectivity index (χ0v) is 26.8. The number of nitrogens with zero attached hydrogens (tertiary/aromatic N) is 5. The minimum absolute atomic E-state index is 0.00890. The second-order valence-electron chi connectivity index (χ2n) is 11.7. The van der Waals surface area contributed by atoms with E-state index in [0.717, 1.165) is 25.0 Å². The molecule has 2 bridgehead atoms. The lowest BCUT2D eigenvalue weighted by Crippen LogP contribution is -2.59. The summed E-state index contributed by atoms with van der Waals surface area (Å²) in [6.07, 6.45) is -8.02. The number of ether oxygens (including phenoxy) is 1. The highest BCUT2D eigenvalue weighted by Crippen LogP contribution is 2.48. The number of alkyl halides is 6.